The van der Waals surface area contributed by atoms with Gasteiger partial charge in [0, 0.05) is 50.3 Å². The van der Waals surface area contributed by atoms with E-state index in [9.17, 15) is 13.6 Å². The van der Waals surface area contributed by atoms with Crippen LogP contribution in [0.4, 0.5) is 24.8 Å². The van der Waals surface area contributed by atoms with E-state index in [0.29, 0.717) is 48.7 Å². The van der Waals surface area contributed by atoms with Crippen molar-refractivity contribution < 1.29 is 22.7 Å². The number of amides is 1. The van der Waals surface area contributed by atoms with Crippen LogP contribution in [0.2, 0.25) is 0 Å². The lowest BCUT2D eigenvalue weighted by Gasteiger charge is -2.27. The number of ether oxygens (including phenoxy) is 1. The van der Waals surface area contributed by atoms with Crippen LogP contribution in [0.5, 0.6) is 6.01 Å². The Morgan fingerprint density at radius 2 is 1.86 bits per heavy atom. The first-order valence-corrected chi connectivity index (χ1v) is 17.0. The van der Waals surface area contributed by atoms with E-state index in [1.54, 1.807) is 11.0 Å². The van der Waals surface area contributed by atoms with Crippen molar-refractivity contribution in [2.75, 3.05) is 71.1 Å². The van der Waals surface area contributed by atoms with Crippen LogP contribution >= 0.6 is 0 Å². The molecule has 14 heteroatoms. The molecule has 3 aromatic heterocycles. The average Bonchev–Trinajstić information content (AvgIpc) is 3.84. The van der Waals surface area contributed by atoms with Crippen molar-refractivity contribution in [2.45, 2.75) is 50.4 Å². The first-order valence-electron chi connectivity index (χ1n) is 17.0. The molecular formula is C36H44F3N9O2. The van der Waals surface area contributed by atoms with Crippen molar-refractivity contribution in [1.29, 1.82) is 0 Å². The van der Waals surface area contributed by atoms with Gasteiger partial charge >= 0.3 is 6.01 Å². The van der Waals surface area contributed by atoms with Crippen LogP contribution in [0.15, 0.2) is 43.1 Å². The normalized spacial score (nSPS) is 21.6. The Labute approximate surface area is 289 Å². The van der Waals surface area contributed by atoms with E-state index in [2.05, 4.69) is 43.4 Å². The summed E-state index contributed by atoms with van der Waals surface area (Å²) in [7, 11) is 5.33. The van der Waals surface area contributed by atoms with Gasteiger partial charge in [0.05, 0.1) is 12.5 Å². The number of alkyl halides is 1. The van der Waals surface area contributed by atoms with Gasteiger partial charge in [-0.25, -0.2) is 18.2 Å². The largest absolute Gasteiger partial charge is 0.467 e. The van der Waals surface area contributed by atoms with Crippen molar-refractivity contribution in [2.24, 2.45) is 0 Å². The van der Waals surface area contributed by atoms with E-state index in [1.807, 2.05) is 11.9 Å². The molecule has 4 fully saturated rings. The van der Waals surface area contributed by atoms with E-state index in [-0.39, 0.29) is 46.1 Å². The highest BCUT2D eigenvalue weighted by Crippen LogP contribution is 2.36. The van der Waals surface area contributed by atoms with Crippen LogP contribution in [-0.4, -0.2) is 119 Å². The molecule has 8 rings (SSSR count). The number of nitrogens with two attached hydrogens (primary N) is 1. The Kier molecular flexibility index (Phi) is 10.7. The number of fused-ring (bicyclic) bond motifs is 3. The van der Waals surface area contributed by atoms with Crippen molar-refractivity contribution in [3.63, 3.8) is 0 Å². The average molecular weight is 692 g/mol. The third kappa shape index (κ3) is 7.31. The minimum atomic E-state index is -0.805. The first-order chi connectivity index (χ1) is 24.1. The number of likely N-dealkylation sites (N-methyl/N-ethyl adjacent to an activating group) is 1. The predicted molar refractivity (Wildman–Crippen MR) is 189 cm³/mol. The number of halogens is 3. The second-order valence-corrected chi connectivity index (χ2v) is 13.3. The zero-order chi connectivity index (χ0) is 35.5. The van der Waals surface area contributed by atoms with Crippen molar-refractivity contribution in [3.05, 3.63) is 54.8 Å². The number of rotatable bonds is 5. The van der Waals surface area contributed by atoms with Crippen molar-refractivity contribution in [3.8, 4) is 17.4 Å². The summed E-state index contributed by atoms with van der Waals surface area (Å²) >= 11 is 0. The van der Waals surface area contributed by atoms with Gasteiger partial charge in [0.2, 0.25) is 5.91 Å². The SMILES string of the molecule is C=CC(=O)N1CCC(N(C)c2nc(OC)nc3c(F)c(-c4nc(N)cc5cccc(F)c45)ncc23)C1.CN1CCC1.FC1CC2CCCN2C1. The maximum atomic E-state index is 16.0. The quantitative estimate of drug-likeness (QED) is 0.292. The zero-order valence-corrected chi connectivity index (χ0v) is 28.8. The molecule has 0 radical (unpaired) electrons. The van der Waals surface area contributed by atoms with Crippen LogP contribution in [0.1, 0.15) is 32.1 Å². The van der Waals surface area contributed by atoms with Crippen LogP contribution in [0.3, 0.4) is 0 Å². The molecule has 1 amide bonds. The molecule has 7 heterocycles. The van der Waals surface area contributed by atoms with Gasteiger partial charge in [-0.05, 0) is 82.4 Å². The monoisotopic (exact) mass is 691 g/mol. The van der Waals surface area contributed by atoms with Gasteiger partial charge in [-0.1, -0.05) is 18.7 Å². The highest BCUT2D eigenvalue weighted by atomic mass is 19.1. The summed E-state index contributed by atoms with van der Waals surface area (Å²) in [6, 6.07) is 6.48. The molecule has 3 atom stereocenters. The van der Waals surface area contributed by atoms with E-state index in [0.717, 1.165) is 13.0 Å². The maximum Gasteiger partial charge on any atom is 0.318 e. The number of pyridine rings is 2. The second kappa shape index (κ2) is 15.1. The lowest BCUT2D eigenvalue weighted by molar-refractivity contribution is -0.125. The lowest BCUT2D eigenvalue weighted by atomic mass is 10.1. The fourth-order valence-corrected chi connectivity index (χ4v) is 7.07. The van der Waals surface area contributed by atoms with E-state index < -0.39 is 17.8 Å². The molecule has 4 aliphatic heterocycles. The highest BCUT2D eigenvalue weighted by Gasteiger charge is 2.35. The summed E-state index contributed by atoms with van der Waals surface area (Å²) in [4.78, 5) is 37.3. The first kappa shape index (κ1) is 35.3. The minimum Gasteiger partial charge on any atom is -0.467 e. The molecule has 0 saturated carbocycles. The third-order valence-corrected chi connectivity index (χ3v) is 9.95. The lowest BCUT2D eigenvalue weighted by Crippen LogP contribution is -2.36. The summed E-state index contributed by atoms with van der Waals surface area (Å²) in [5, 5.41) is 0.912. The molecule has 4 aromatic rings. The minimum absolute atomic E-state index is 0.0237. The number of anilines is 2. The van der Waals surface area contributed by atoms with Gasteiger partial charge < -0.3 is 25.2 Å². The maximum absolute atomic E-state index is 16.0. The molecule has 0 spiro atoms. The number of nitrogen functional groups attached to an aromatic ring is 1. The van der Waals surface area contributed by atoms with E-state index in [4.69, 9.17) is 10.5 Å². The number of carbonyl (C=O) groups is 1. The van der Waals surface area contributed by atoms with Gasteiger partial charge in [-0.2, -0.15) is 9.97 Å². The molecule has 266 valence electrons. The Bertz CT molecular complexity index is 1860. The fourth-order valence-electron chi connectivity index (χ4n) is 7.07. The number of aromatic nitrogens is 4. The topological polar surface area (TPSA) is 117 Å². The number of methoxy groups -OCH3 is 1. The number of hydrogen-bond donors (Lipinski definition) is 1. The smallest absolute Gasteiger partial charge is 0.318 e. The van der Waals surface area contributed by atoms with Crippen LogP contribution < -0.4 is 15.4 Å². The zero-order valence-electron chi connectivity index (χ0n) is 28.8. The summed E-state index contributed by atoms with van der Waals surface area (Å²) in [6.07, 6.45) is 7.63. The third-order valence-electron chi connectivity index (χ3n) is 9.95. The summed E-state index contributed by atoms with van der Waals surface area (Å²) < 4.78 is 48.6. The molecule has 0 bridgehead atoms. The second-order valence-electron chi connectivity index (χ2n) is 13.3. The van der Waals surface area contributed by atoms with E-state index >= 15 is 4.39 Å². The number of likely N-dealkylation sites (tertiary alicyclic amines) is 2. The Balaban J connectivity index is 0.000000252. The molecular weight excluding hydrogens is 647 g/mol. The number of benzene rings is 1. The summed E-state index contributed by atoms with van der Waals surface area (Å²) in [5.74, 6) is -1.03. The van der Waals surface area contributed by atoms with Crippen molar-refractivity contribution >= 4 is 39.2 Å². The number of carbonyl (C=O) groups excluding carboxylic acids is 1. The van der Waals surface area contributed by atoms with Gasteiger partial charge in [-0.15, -0.1) is 0 Å². The molecule has 4 saturated heterocycles. The van der Waals surface area contributed by atoms with Gasteiger partial charge in [0.25, 0.3) is 0 Å². The molecule has 2 N–H and O–H groups in total. The molecule has 11 nitrogen and oxygen atoms in total. The predicted octanol–water partition coefficient (Wildman–Crippen LogP) is 4.85. The Hall–Kier alpha value is -4.56. The van der Waals surface area contributed by atoms with Crippen molar-refractivity contribution in [1.82, 2.24) is 34.6 Å². The van der Waals surface area contributed by atoms with Crippen LogP contribution in [-0.2, 0) is 4.79 Å². The standard InChI is InChI=1S/C25H23F2N7O2.C7H12FN.C4H9N/c1-4-18(35)34-9-8-14(12-34)33(2)24-15-11-29-23(20(27)21(15)31-25(32-24)36-3)22-19-13(10-17(28)30-22)6-5-7-16(19)26;8-6-4-7-2-1-3-9(7)5-6;1-5-3-2-4-5/h4-7,10-11,14H,1,8-9,12H2,2-3H3,(H2,28,30);6-7H,1-5H2;2-4H2,1H3. The van der Waals surface area contributed by atoms with Gasteiger partial charge in [0.1, 0.15) is 40.5 Å². The Morgan fingerprint density at radius 1 is 1.08 bits per heavy atom. The molecule has 3 unspecified atom stereocenters. The highest BCUT2D eigenvalue weighted by molar-refractivity contribution is 5.99. The fraction of sp³-hybridized carbons (Fsp3) is 0.472. The van der Waals surface area contributed by atoms with Gasteiger partial charge in [0.15, 0.2) is 5.82 Å². The van der Waals surface area contributed by atoms with Gasteiger partial charge in [-0.3, -0.25) is 14.7 Å². The Morgan fingerprint density at radius 3 is 2.54 bits per heavy atom. The number of hydrogen-bond acceptors (Lipinski definition) is 10. The van der Waals surface area contributed by atoms with Crippen LogP contribution in [0.25, 0.3) is 33.1 Å². The molecule has 50 heavy (non-hydrogen) atoms. The summed E-state index contributed by atoms with van der Waals surface area (Å²) in [5.41, 5.74) is 5.65. The van der Waals surface area contributed by atoms with Crippen LogP contribution in [0, 0.1) is 11.6 Å². The summed E-state index contributed by atoms with van der Waals surface area (Å²) in [6.45, 7) is 9.06. The number of nitrogens with zero attached hydrogens (tertiary/aromatic N) is 8. The van der Waals surface area contributed by atoms with E-state index in [1.165, 1.54) is 69.9 Å². The molecule has 0 aliphatic carbocycles. The molecule has 4 aliphatic rings. The molecule has 1 aromatic carbocycles.